The molecule has 81 heavy (non-hydrogen) atoms. The highest BCUT2D eigenvalue weighted by molar-refractivity contribution is 7.89. The lowest BCUT2D eigenvalue weighted by Gasteiger charge is -2.33. The Balaban J connectivity index is 0.000000302. The summed E-state index contributed by atoms with van der Waals surface area (Å²) in [6.45, 7) is 9.18. The minimum atomic E-state index is -4.10. The van der Waals surface area contributed by atoms with Gasteiger partial charge >= 0.3 is 18.2 Å². The van der Waals surface area contributed by atoms with Crippen LogP contribution in [0.4, 0.5) is 21.0 Å². The van der Waals surface area contributed by atoms with Gasteiger partial charge in [0.1, 0.15) is 24.4 Å². The Hall–Kier alpha value is -6.29. The highest BCUT2D eigenvalue weighted by Crippen LogP contribution is 2.25. The van der Waals surface area contributed by atoms with E-state index in [1.54, 1.807) is 0 Å². The van der Waals surface area contributed by atoms with Crippen LogP contribution < -0.4 is 27.8 Å². The second-order valence-corrected chi connectivity index (χ2v) is 24.7. The average molecular weight is 1170 g/mol. The SMILES string of the molecule is CC(C)CN(C[C@@H](O)[C@H](Cc1ccccc1)NC(=O)O[C@H]1CCOC1)S(=O)(=O)c1ccc([N+](=O)[O-])cc1.CC(C)CN(C[C@@H](OC(=O)[C@@H](N)CCCCN)[C@H](Cc1ccccc1)NC(=O)O[C@H]1CCOC1)S(=O)(=O)c1ccc(N)cc1. The summed E-state index contributed by atoms with van der Waals surface area (Å²) in [5.74, 6) is -0.840. The molecule has 2 amide bonds. The summed E-state index contributed by atoms with van der Waals surface area (Å²) in [5.41, 5.74) is 19.5. The second-order valence-electron chi connectivity index (χ2n) is 20.8. The minimum Gasteiger partial charge on any atom is -0.458 e. The fraction of sp³-hybridized carbons (Fsp3) is 0.518. The number of nitro groups is 1. The minimum absolute atomic E-state index is 0.0455. The van der Waals surface area contributed by atoms with Crippen LogP contribution in [-0.4, -0.2) is 155 Å². The lowest BCUT2D eigenvalue weighted by molar-refractivity contribution is -0.384. The molecule has 4 aromatic rings. The fourth-order valence-electron chi connectivity index (χ4n) is 8.86. The number of nitrogens with two attached hydrogens (primary N) is 3. The van der Waals surface area contributed by atoms with Gasteiger partial charge in [-0.25, -0.2) is 26.4 Å². The summed E-state index contributed by atoms with van der Waals surface area (Å²) in [5, 5.41) is 27.7. The Bertz CT molecular complexity index is 2790. The smallest absolute Gasteiger partial charge is 0.407 e. The predicted octanol–water partition coefficient (Wildman–Crippen LogP) is 5.14. The third-order valence-electron chi connectivity index (χ3n) is 13.1. The summed E-state index contributed by atoms with van der Waals surface area (Å²) < 4.78 is 84.6. The summed E-state index contributed by atoms with van der Waals surface area (Å²) in [7, 11) is -8.15. The maximum atomic E-state index is 13.9. The number of hydrogen-bond acceptors (Lipinski definition) is 18. The van der Waals surface area contributed by atoms with Crippen LogP contribution in [0.25, 0.3) is 0 Å². The second kappa shape index (κ2) is 32.4. The zero-order chi connectivity index (χ0) is 59.1. The van der Waals surface area contributed by atoms with Gasteiger partial charge in [0.05, 0.1) is 65.9 Å². The molecule has 2 fully saturated rings. The van der Waals surface area contributed by atoms with Crippen molar-refractivity contribution in [3.05, 3.63) is 130 Å². The molecule has 0 aliphatic carbocycles. The molecular weight excluding hydrogens is 1090 g/mol. The van der Waals surface area contributed by atoms with Gasteiger partial charge in [-0.2, -0.15) is 8.61 Å². The number of nitrogens with zero attached hydrogens (tertiary/aromatic N) is 3. The van der Waals surface area contributed by atoms with Crippen LogP contribution in [0.3, 0.4) is 0 Å². The molecule has 23 nitrogen and oxygen atoms in total. The standard InChI is InChI=1S/C31H47N5O7S.C25H33N3O8S/c1-22(2)19-36(44(39,40)26-13-11-24(33)12-14-26)20-29(43-30(37)27(34)10-6-7-16-32)28(18-23-8-4-3-5-9-23)35-31(38)42-25-15-17-41-21-25;1-18(2)15-27(37(33,34)22-10-8-20(9-11-22)28(31)32)16-24(29)23(14-19-6-4-3-5-7-19)26-25(30)36-21-12-13-35-17-21/h3-5,8-9,11-14,22,25,27-29H,6-7,10,15-21,32-34H2,1-2H3,(H,35,38);3-11,18,21,23-24,29H,12-17H2,1-2H3,(H,26,30)/t25-,27-,28-,29+;21-,23-,24+/m00/s1. The van der Waals surface area contributed by atoms with Gasteiger partial charge in [-0.1, -0.05) is 94.8 Å². The quantitative estimate of drug-likeness (QED) is 0.0102. The van der Waals surface area contributed by atoms with Crippen molar-refractivity contribution in [2.45, 2.75) is 125 Å². The summed E-state index contributed by atoms with van der Waals surface area (Å²) in [4.78, 5) is 49.3. The molecule has 6 rings (SSSR count). The third-order valence-corrected chi connectivity index (χ3v) is 16.8. The maximum absolute atomic E-state index is 13.9. The first-order valence-corrected chi connectivity index (χ1v) is 30.1. The summed E-state index contributed by atoms with van der Waals surface area (Å²) in [6, 6.07) is 26.4. The van der Waals surface area contributed by atoms with Gasteiger partial charge in [0.25, 0.3) is 5.69 Å². The first-order chi connectivity index (χ1) is 38.5. The van der Waals surface area contributed by atoms with E-state index in [0.29, 0.717) is 64.2 Å². The Morgan fingerprint density at radius 1 is 0.691 bits per heavy atom. The van der Waals surface area contributed by atoms with Gasteiger partial charge < -0.3 is 56.6 Å². The molecule has 446 valence electrons. The number of aliphatic hydroxyl groups is 1. The van der Waals surface area contributed by atoms with Gasteiger partial charge in [-0.05, 0) is 91.6 Å². The van der Waals surface area contributed by atoms with Crippen molar-refractivity contribution in [3.8, 4) is 0 Å². The number of non-ortho nitro benzene ring substituents is 1. The molecular formula is C56H80N8O15S2. The number of esters is 1. The Morgan fingerprint density at radius 3 is 1.59 bits per heavy atom. The Kier molecular flexibility index (Phi) is 26.2. The van der Waals surface area contributed by atoms with Gasteiger partial charge in [-0.15, -0.1) is 0 Å². The lowest BCUT2D eigenvalue weighted by atomic mass is 10.0. The Morgan fingerprint density at radius 2 is 1.15 bits per heavy atom. The van der Waals surface area contributed by atoms with Crippen molar-refractivity contribution in [2.24, 2.45) is 23.3 Å². The number of carbonyl (C=O) groups excluding carboxylic acids is 3. The number of sulfonamides is 2. The summed E-state index contributed by atoms with van der Waals surface area (Å²) in [6.07, 6.45) is -1.33. The van der Waals surface area contributed by atoms with Crippen molar-refractivity contribution < 1.29 is 64.9 Å². The number of nitrogens with one attached hydrogen (secondary N) is 2. The van der Waals surface area contributed by atoms with E-state index in [9.17, 15) is 46.4 Å². The van der Waals surface area contributed by atoms with Crippen molar-refractivity contribution in [3.63, 3.8) is 0 Å². The number of alkyl carbamates (subject to hydrolysis) is 2. The van der Waals surface area contributed by atoms with Crippen LogP contribution in [0, 0.1) is 22.0 Å². The molecule has 9 N–H and O–H groups in total. The first-order valence-electron chi connectivity index (χ1n) is 27.2. The van der Waals surface area contributed by atoms with E-state index in [-0.39, 0.29) is 79.0 Å². The molecule has 0 aromatic heterocycles. The maximum Gasteiger partial charge on any atom is 0.407 e. The largest absolute Gasteiger partial charge is 0.458 e. The van der Waals surface area contributed by atoms with E-state index >= 15 is 0 Å². The normalized spacial score (nSPS) is 17.4. The number of hydrogen-bond donors (Lipinski definition) is 6. The molecule has 4 aromatic carbocycles. The van der Waals surface area contributed by atoms with E-state index in [1.165, 1.54) is 40.7 Å². The van der Waals surface area contributed by atoms with Crippen LogP contribution in [-0.2, 0) is 61.4 Å². The van der Waals surface area contributed by atoms with Crippen molar-refractivity contribution in [1.82, 2.24) is 19.2 Å². The van der Waals surface area contributed by atoms with E-state index in [4.69, 9.17) is 40.9 Å². The molecule has 0 unspecified atom stereocenters. The van der Waals surface area contributed by atoms with Crippen molar-refractivity contribution >= 4 is 49.6 Å². The van der Waals surface area contributed by atoms with Gasteiger partial charge in [0, 0.05) is 50.3 Å². The van der Waals surface area contributed by atoms with Crippen LogP contribution in [0.5, 0.6) is 0 Å². The number of ether oxygens (including phenoxy) is 5. The predicted molar refractivity (Wildman–Crippen MR) is 303 cm³/mol. The Labute approximate surface area is 475 Å². The number of unbranched alkanes of at least 4 members (excludes halogenated alkanes) is 1. The van der Waals surface area contributed by atoms with E-state index in [2.05, 4.69) is 10.6 Å². The lowest BCUT2D eigenvalue weighted by Crippen LogP contribution is -2.54. The van der Waals surface area contributed by atoms with E-state index < -0.39 is 79.6 Å². The number of nitro benzene ring substituents is 1. The van der Waals surface area contributed by atoms with Crippen molar-refractivity contribution in [1.29, 1.82) is 0 Å². The topological polar surface area (TPSA) is 338 Å². The van der Waals surface area contributed by atoms with Crippen molar-refractivity contribution in [2.75, 3.05) is 64.9 Å². The number of benzene rings is 4. The first kappa shape index (κ1) is 65.5. The number of nitrogen functional groups attached to an aromatic ring is 1. The average Bonchev–Trinajstić information content (AvgIpc) is 4.26. The molecule has 0 spiro atoms. The highest BCUT2D eigenvalue weighted by atomic mass is 32.2. The van der Waals surface area contributed by atoms with E-state index in [0.717, 1.165) is 27.6 Å². The molecule has 25 heteroatoms. The molecule has 2 aliphatic heterocycles. The molecule has 2 aliphatic rings. The molecule has 7 atom stereocenters. The summed E-state index contributed by atoms with van der Waals surface area (Å²) >= 11 is 0. The van der Waals surface area contributed by atoms with Crippen LogP contribution in [0.15, 0.2) is 119 Å². The number of anilines is 1. The number of aliphatic hydroxyl groups excluding tert-OH is 1. The molecule has 0 bridgehead atoms. The molecule has 0 radical (unpaired) electrons. The zero-order valence-electron chi connectivity index (χ0n) is 46.5. The van der Waals surface area contributed by atoms with E-state index in [1.807, 2.05) is 88.4 Å². The van der Waals surface area contributed by atoms with Gasteiger partial charge in [0.2, 0.25) is 20.0 Å². The molecule has 2 saturated heterocycles. The number of amides is 2. The van der Waals surface area contributed by atoms with Crippen LogP contribution in [0.2, 0.25) is 0 Å². The highest BCUT2D eigenvalue weighted by Gasteiger charge is 2.37. The molecule has 0 saturated carbocycles. The third kappa shape index (κ3) is 21.5. The van der Waals surface area contributed by atoms with Crippen LogP contribution >= 0.6 is 0 Å². The number of rotatable bonds is 29. The van der Waals surface area contributed by atoms with Gasteiger partial charge in [-0.3, -0.25) is 14.9 Å². The van der Waals surface area contributed by atoms with Gasteiger partial charge in [0.15, 0.2) is 0 Å². The zero-order valence-corrected chi connectivity index (χ0v) is 48.1. The van der Waals surface area contributed by atoms with Crippen LogP contribution in [0.1, 0.15) is 70.9 Å². The number of carbonyl (C=O) groups is 3. The monoisotopic (exact) mass is 1170 g/mol. The molecule has 2 heterocycles. The fourth-order valence-corrected chi connectivity index (χ4v) is 12.1.